The maximum Gasteiger partial charge on any atom is 0.417 e. The van der Waals surface area contributed by atoms with Gasteiger partial charge in [-0.05, 0) is 30.0 Å². The Hall–Kier alpha value is -1.05. The van der Waals surface area contributed by atoms with E-state index in [4.69, 9.17) is 5.73 Å². The Morgan fingerprint density at radius 3 is 2.57 bits per heavy atom. The largest absolute Gasteiger partial charge is 0.417 e. The molecule has 0 bridgehead atoms. The molecule has 0 amide bonds. The summed E-state index contributed by atoms with van der Waals surface area (Å²) in [5.41, 5.74) is 5.40. The third kappa shape index (κ3) is 4.21. The summed E-state index contributed by atoms with van der Waals surface area (Å²) in [4.78, 5) is 5.01. The molecule has 2 N–H and O–H groups in total. The van der Waals surface area contributed by atoms with E-state index in [0.29, 0.717) is 5.03 Å². The fraction of sp³-hybridized carbons (Fsp3) is 0.357. The number of alkyl halides is 3. The molecule has 0 fully saturated rings. The second kappa shape index (κ2) is 6.81. The number of hydrogen-bond donors (Lipinski definition) is 1. The third-order valence-corrected chi connectivity index (χ3v) is 5.44. The molecule has 21 heavy (non-hydrogen) atoms. The van der Waals surface area contributed by atoms with Crippen LogP contribution < -0.4 is 5.73 Å². The average molecular weight is 332 g/mol. The van der Waals surface area contributed by atoms with Gasteiger partial charge in [0.25, 0.3) is 0 Å². The van der Waals surface area contributed by atoms with Crippen LogP contribution in [-0.2, 0) is 6.18 Å². The normalized spacial score (nSPS) is 14.9. The van der Waals surface area contributed by atoms with Crippen molar-refractivity contribution in [3.63, 3.8) is 0 Å². The molecule has 0 aliphatic carbocycles. The summed E-state index contributed by atoms with van der Waals surface area (Å²) in [5.74, 6) is 0. The van der Waals surface area contributed by atoms with Gasteiger partial charge in [-0.15, -0.1) is 11.3 Å². The van der Waals surface area contributed by atoms with E-state index in [1.165, 1.54) is 17.8 Å². The molecule has 114 valence electrons. The standard InChI is InChI=1S/C14H15F3N2S2/c1-2-10(18)13(11-4-3-7-20-11)21-12-6-5-9(8-19-12)14(15,16)17/h3-8,10,13H,2,18H2,1H3. The van der Waals surface area contributed by atoms with E-state index in [1.54, 1.807) is 11.3 Å². The van der Waals surface area contributed by atoms with E-state index in [-0.39, 0.29) is 11.3 Å². The lowest BCUT2D eigenvalue weighted by Crippen LogP contribution is -2.25. The molecule has 2 unspecified atom stereocenters. The second-order valence-electron chi connectivity index (χ2n) is 4.51. The smallest absolute Gasteiger partial charge is 0.326 e. The number of pyridine rings is 1. The molecule has 2 nitrogen and oxygen atoms in total. The van der Waals surface area contributed by atoms with Crippen LogP contribution in [0.15, 0.2) is 40.9 Å². The van der Waals surface area contributed by atoms with Crippen LogP contribution in [0, 0.1) is 0 Å². The Morgan fingerprint density at radius 2 is 2.10 bits per heavy atom. The van der Waals surface area contributed by atoms with Crippen molar-refractivity contribution in [2.75, 3.05) is 0 Å². The van der Waals surface area contributed by atoms with E-state index in [0.717, 1.165) is 23.6 Å². The monoisotopic (exact) mass is 332 g/mol. The Kier molecular flexibility index (Phi) is 5.29. The van der Waals surface area contributed by atoms with Gasteiger partial charge < -0.3 is 5.73 Å². The summed E-state index contributed by atoms with van der Waals surface area (Å²) >= 11 is 3.00. The predicted molar refractivity (Wildman–Crippen MR) is 80.4 cm³/mol. The minimum Gasteiger partial charge on any atom is -0.326 e. The van der Waals surface area contributed by atoms with E-state index in [2.05, 4.69) is 4.98 Å². The van der Waals surface area contributed by atoms with Crippen LogP contribution in [0.4, 0.5) is 13.2 Å². The van der Waals surface area contributed by atoms with Crippen molar-refractivity contribution in [2.24, 2.45) is 5.73 Å². The van der Waals surface area contributed by atoms with Gasteiger partial charge in [0.05, 0.1) is 15.8 Å². The van der Waals surface area contributed by atoms with Crippen molar-refractivity contribution in [3.8, 4) is 0 Å². The first-order valence-electron chi connectivity index (χ1n) is 6.40. The van der Waals surface area contributed by atoms with Crippen molar-refractivity contribution < 1.29 is 13.2 Å². The Balaban J connectivity index is 2.17. The summed E-state index contributed by atoms with van der Waals surface area (Å²) in [7, 11) is 0. The highest BCUT2D eigenvalue weighted by molar-refractivity contribution is 7.99. The molecule has 2 aromatic rings. The summed E-state index contributed by atoms with van der Waals surface area (Å²) in [5, 5.41) is 2.51. The van der Waals surface area contributed by atoms with Gasteiger partial charge in [0.15, 0.2) is 0 Å². The maximum absolute atomic E-state index is 12.5. The van der Waals surface area contributed by atoms with E-state index >= 15 is 0 Å². The lowest BCUT2D eigenvalue weighted by molar-refractivity contribution is -0.137. The number of nitrogens with two attached hydrogens (primary N) is 1. The van der Waals surface area contributed by atoms with Gasteiger partial charge in [-0.25, -0.2) is 4.98 Å². The maximum atomic E-state index is 12.5. The highest BCUT2D eigenvalue weighted by Crippen LogP contribution is 2.39. The summed E-state index contributed by atoms with van der Waals surface area (Å²) < 4.78 is 37.6. The Morgan fingerprint density at radius 1 is 1.33 bits per heavy atom. The van der Waals surface area contributed by atoms with Crippen LogP contribution in [0.1, 0.15) is 29.0 Å². The van der Waals surface area contributed by atoms with Gasteiger partial charge in [-0.1, -0.05) is 24.8 Å². The van der Waals surface area contributed by atoms with Gasteiger partial charge >= 0.3 is 6.18 Å². The zero-order valence-electron chi connectivity index (χ0n) is 11.3. The van der Waals surface area contributed by atoms with Crippen molar-refractivity contribution in [3.05, 3.63) is 46.3 Å². The van der Waals surface area contributed by atoms with Crippen LogP contribution in [0.3, 0.4) is 0 Å². The quantitative estimate of drug-likeness (QED) is 0.804. The number of thioether (sulfide) groups is 1. The molecule has 0 saturated carbocycles. The molecular formula is C14H15F3N2S2. The molecule has 0 aliphatic rings. The molecule has 2 rings (SSSR count). The second-order valence-corrected chi connectivity index (χ2v) is 6.65. The molecule has 0 spiro atoms. The number of rotatable bonds is 5. The molecule has 0 saturated heterocycles. The zero-order chi connectivity index (χ0) is 15.5. The molecule has 2 heterocycles. The van der Waals surface area contributed by atoms with Crippen LogP contribution in [0.5, 0.6) is 0 Å². The Labute approximate surface area is 129 Å². The number of hydrogen-bond acceptors (Lipinski definition) is 4. The molecule has 0 radical (unpaired) electrons. The molecular weight excluding hydrogens is 317 g/mol. The van der Waals surface area contributed by atoms with Gasteiger partial charge in [-0.2, -0.15) is 13.2 Å². The molecule has 7 heteroatoms. The topological polar surface area (TPSA) is 38.9 Å². The Bertz CT molecular complexity index is 553. The molecule has 2 aromatic heterocycles. The minimum absolute atomic E-state index is 0.000707. The number of aromatic nitrogens is 1. The lowest BCUT2D eigenvalue weighted by atomic mass is 10.1. The SMILES string of the molecule is CCC(N)C(Sc1ccc(C(F)(F)F)cn1)c1cccs1. The van der Waals surface area contributed by atoms with E-state index < -0.39 is 11.7 Å². The highest BCUT2D eigenvalue weighted by atomic mass is 32.2. The van der Waals surface area contributed by atoms with Crippen LogP contribution in [-0.4, -0.2) is 11.0 Å². The average Bonchev–Trinajstić information content (AvgIpc) is 2.97. The predicted octanol–water partition coefficient (Wildman–Crippen LogP) is 4.73. The number of nitrogens with zero attached hydrogens (tertiary/aromatic N) is 1. The third-order valence-electron chi connectivity index (χ3n) is 3.00. The highest BCUT2D eigenvalue weighted by Gasteiger charge is 2.31. The van der Waals surface area contributed by atoms with Crippen molar-refractivity contribution in [1.29, 1.82) is 0 Å². The van der Waals surface area contributed by atoms with Gasteiger partial charge in [0.2, 0.25) is 0 Å². The number of halogens is 3. The summed E-state index contributed by atoms with van der Waals surface area (Å²) in [6.07, 6.45) is -2.70. The number of thiophene rings is 1. The van der Waals surface area contributed by atoms with Crippen molar-refractivity contribution in [2.45, 2.75) is 35.8 Å². The first-order chi connectivity index (χ1) is 9.91. The molecule has 0 aromatic carbocycles. The molecule has 2 atom stereocenters. The fourth-order valence-electron chi connectivity index (χ4n) is 1.77. The first kappa shape index (κ1) is 16.3. The van der Waals surface area contributed by atoms with Crippen LogP contribution >= 0.6 is 23.1 Å². The van der Waals surface area contributed by atoms with E-state index in [1.807, 2.05) is 24.4 Å². The van der Waals surface area contributed by atoms with Gasteiger partial charge in [-0.3, -0.25) is 0 Å². The van der Waals surface area contributed by atoms with Gasteiger partial charge in [0.1, 0.15) is 0 Å². The van der Waals surface area contributed by atoms with Crippen molar-refractivity contribution >= 4 is 23.1 Å². The zero-order valence-corrected chi connectivity index (χ0v) is 12.9. The van der Waals surface area contributed by atoms with Crippen LogP contribution in [0.25, 0.3) is 0 Å². The van der Waals surface area contributed by atoms with Gasteiger partial charge in [0, 0.05) is 17.1 Å². The summed E-state index contributed by atoms with van der Waals surface area (Å²) in [6.45, 7) is 1.99. The van der Waals surface area contributed by atoms with E-state index in [9.17, 15) is 13.2 Å². The minimum atomic E-state index is -4.36. The molecule has 0 aliphatic heterocycles. The lowest BCUT2D eigenvalue weighted by Gasteiger charge is -2.21. The van der Waals surface area contributed by atoms with Crippen LogP contribution in [0.2, 0.25) is 0 Å². The first-order valence-corrected chi connectivity index (χ1v) is 8.16. The van der Waals surface area contributed by atoms with Crippen molar-refractivity contribution in [1.82, 2.24) is 4.98 Å². The fourth-order valence-corrected chi connectivity index (χ4v) is 3.95. The summed E-state index contributed by atoms with van der Waals surface area (Å²) in [6, 6.07) is 6.31.